The highest BCUT2D eigenvalue weighted by atomic mass is 16.7. The van der Waals surface area contributed by atoms with Crippen LogP contribution in [0.2, 0.25) is 0 Å². The van der Waals surface area contributed by atoms with Crippen molar-refractivity contribution in [2.45, 2.75) is 20.0 Å². The number of hydrogen-bond donors (Lipinski definition) is 1. The smallest absolute Gasteiger partial charge is 0.231 e. The van der Waals surface area contributed by atoms with Crippen molar-refractivity contribution in [3.05, 3.63) is 30.0 Å². The second kappa shape index (κ2) is 4.56. The molecule has 6 heteroatoms. The third kappa shape index (κ3) is 1.85. The van der Waals surface area contributed by atoms with Crippen molar-refractivity contribution < 1.29 is 9.47 Å². The lowest BCUT2D eigenvalue weighted by molar-refractivity contribution is 0.173. The predicted octanol–water partition coefficient (Wildman–Crippen LogP) is 1.64. The van der Waals surface area contributed by atoms with E-state index in [1.807, 2.05) is 25.1 Å². The predicted molar refractivity (Wildman–Crippen MR) is 65.6 cm³/mol. The minimum Gasteiger partial charge on any atom is -0.454 e. The summed E-state index contributed by atoms with van der Waals surface area (Å²) >= 11 is 0. The van der Waals surface area contributed by atoms with Gasteiger partial charge in [-0.3, -0.25) is 0 Å². The summed E-state index contributed by atoms with van der Waals surface area (Å²) in [6.07, 6.45) is 1.71. The van der Waals surface area contributed by atoms with Crippen molar-refractivity contribution in [2.75, 3.05) is 12.1 Å². The van der Waals surface area contributed by atoms with E-state index in [4.69, 9.17) is 9.47 Å². The number of anilines is 1. The van der Waals surface area contributed by atoms with Gasteiger partial charge in [0, 0.05) is 18.7 Å². The minimum absolute atomic E-state index is 0.292. The maximum atomic E-state index is 5.46. The molecule has 0 saturated heterocycles. The van der Waals surface area contributed by atoms with Gasteiger partial charge in [0.05, 0.1) is 6.20 Å². The van der Waals surface area contributed by atoms with Crippen molar-refractivity contribution in [1.82, 2.24) is 15.0 Å². The molecule has 0 saturated carbocycles. The average Bonchev–Trinajstić information content (AvgIpc) is 3.04. The van der Waals surface area contributed by atoms with E-state index >= 15 is 0 Å². The summed E-state index contributed by atoms with van der Waals surface area (Å²) in [6.45, 7) is 3.76. The van der Waals surface area contributed by atoms with Crippen LogP contribution >= 0.6 is 0 Å². The third-order valence-electron chi connectivity index (χ3n) is 2.86. The van der Waals surface area contributed by atoms with Gasteiger partial charge >= 0.3 is 0 Å². The first kappa shape index (κ1) is 10.9. The summed E-state index contributed by atoms with van der Waals surface area (Å²) in [6, 6.07) is 5.88. The molecule has 1 N–H and O–H groups in total. The summed E-state index contributed by atoms with van der Waals surface area (Å²) in [5.41, 5.74) is 1.06. The first-order chi connectivity index (χ1) is 8.88. The van der Waals surface area contributed by atoms with Crippen LogP contribution in [0.4, 0.5) is 5.82 Å². The third-order valence-corrected chi connectivity index (χ3v) is 2.86. The molecule has 1 aromatic carbocycles. The van der Waals surface area contributed by atoms with Crippen LogP contribution in [0.1, 0.15) is 12.5 Å². The fourth-order valence-electron chi connectivity index (χ4n) is 1.94. The van der Waals surface area contributed by atoms with Gasteiger partial charge in [-0.15, -0.1) is 5.10 Å². The van der Waals surface area contributed by atoms with Crippen LogP contribution in [-0.2, 0) is 13.1 Å². The molecule has 0 amide bonds. The average molecular weight is 246 g/mol. The molecule has 18 heavy (non-hydrogen) atoms. The van der Waals surface area contributed by atoms with Gasteiger partial charge in [-0.25, -0.2) is 4.68 Å². The van der Waals surface area contributed by atoms with Crippen LogP contribution in [0.15, 0.2) is 24.4 Å². The number of nitrogens with one attached hydrogen (secondary N) is 1. The largest absolute Gasteiger partial charge is 0.454 e. The molecule has 0 unspecified atom stereocenters. The number of rotatable bonds is 4. The van der Waals surface area contributed by atoms with E-state index in [1.54, 1.807) is 10.9 Å². The number of fused-ring (bicyclic) bond motifs is 1. The SMILES string of the molecule is CCn1nncc1NCc1cccc2c1OCO2. The van der Waals surface area contributed by atoms with Gasteiger partial charge in [-0.1, -0.05) is 17.3 Å². The number of nitrogens with zero attached hydrogens (tertiary/aromatic N) is 3. The Kier molecular flexibility index (Phi) is 2.76. The molecule has 1 aromatic heterocycles. The Balaban J connectivity index is 1.76. The Morgan fingerprint density at radius 1 is 1.39 bits per heavy atom. The summed E-state index contributed by atoms with van der Waals surface area (Å²) < 4.78 is 12.6. The van der Waals surface area contributed by atoms with E-state index in [1.165, 1.54) is 0 Å². The number of ether oxygens (including phenoxy) is 2. The topological polar surface area (TPSA) is 61.2 Å². The van der Waals surface area contributed by atoms with Crippen molar-refractivity contribution in [1.29, 1.82) is 0 Å². The molecule has 0 bridgehead atoms. The Hall–Kier alpha value is -2.24. The molecule has 94 valence electrons. The quantitative estimate of drug-likeness (QED) is 0.888. The molecule has 6 nitrogen and oxygen atoms in total. The van der Waals surface area contributed by atoms with Crippen molar-refractivity contribution in [3.63, 3.8) is 0 Å². The number of aromatic nitrogens is 3. The van der Waals surface area contributed by atoms with Crippen molar-refractivity contribution in [2.24, 2.45) is 0 Å². The highest BCUT2D eigenvalue weighted by Gasteiger charge is 2.17. The summed E-state index contributed by atoms with van der Waals surface area (Å²) in [5.74, 6) is 2.52. The van der Waals surface area contributed by atoms with Gasteiger partial charge in [-0.2, -0.15) is 0 Å². The molecule has 2 aromatic rings. The minimum atomic E-state index is 0.292. The van der Waals surface area contributed by atoms with Crippen LogP contribution in [0.25, 0.3) is 0 Å². The first-order valence-electron chi connectivity index (χ1n) is 5.88. The zero-order chi connectivity index (χ0) is 12.4. The number of hydrogen-bond acceptors (Lipinski definition) is 5. The van der Waals surface area contributed by atoms with Crippen molar-refractivity contribution >= 4 is 5.82 Å². The molecule has 0 radical (unpaired) electrons. The summed E-state index contributed by atoms with van der Waals surface area (Å²) in [4.78, 5) is 0. The van der Waals surface area contributed by atoms with Gasteiger partial charge in [0.2, 0.25) is 6.79 Å². The summed E-state index contributed by atoms with van der Waals surface area (Å²) in [5, 5.41) is 11.1. The second-order valence-corrected chi connectivity index (χ2v) is 3.94. The van der Waals surface area contributed by atoms with Crippen LogP contribution in [-0.4, -0.2) is 21.8 Å². The molecule has 0 fully saturated rings. The second-order valence-electron chi connectivity index (χ2n) is 3.94. The van der Waals surface area contributed by atoms with E-state index in [2.05, 4.69) is 15.6 Å². The van der Waals surface area contributed by atoms with Gasteiger partial charge in [-0.05, 0) is 13.0 Å². The molecule has 1 aliphatic heterocycles. The van der Waals surface area contributed by atoms with Crippen LogP contribution < -0.4 is 14.8 Å². The van der Waals surface area contributed by atoms with E-state index in [-0.39, 0.29) is 0 Å². The van der Waals surface area contributed by atoms with Gasteiger partial charge in [0.1, 0.15) is 5.82 Å². The lowest BCUT2D eigenvalue weighted by Crippen LogP contribution is -2.07. The van der Waals surface area contributed by atoms with Crippen LogP contribution in [0.3, 0.4) is 0 Å². The number of aryl methyl sites for hydroxylation is 1. The maximum Gasteiger partial charge on any atom is 0.231 e. The lowest BCUT2D eigenvalue weighted by Gasteiger charge is -2.09. The molecule has 0 atom stereocenters. The van der Waals surface area contributed by atoms with Gasteiger partial charge in [0.15, 0.2) is 11.5 Å². The molecular weight excluding hydrogens is 232 g/mol. The number of benzene rings is 1. The number of para-hydroxylation sites is 1. The molecule has 1 aliphatic rings. The van der Waals surface area contributed by atoms with E-state index in [9.17, 15) is 0 Å². The van der Waals surface area contributed by atoms with E-state index in [0.717, 1.165) is 29.4 Å². The van der Waals surface area contributed by atoms with Crippen LogP contribution in [0, 0.1) is 0 Å². The monoisotopic (exact) mass is 246 g/mol. The molecule has 3 rings (SSSR count). The highest BCUT2D eigenvalue weighted by Crippen LogP contribution is 2.35. The Bertz CT molecular complexity index is 553. The molecule has 0 spiro atoms. The summed E-state index contributed by atoms with van der Waals surface area (Å²) in [7, 11) is 0. The zero-order valence-corrected chi connectivity index (χ0v) is 10.1. The van der Waals surface area contributed by atoms with E-state index in [0.29, 0.717) is 13.3 Å². The highest BCUT2D eigenvalue weighted by molar-refractivity contribution is 5.49. The fourth-order valence-corrected chi connectivity index (χ4v) is 1.94. The molecule has 2 heterocycles. The Morgan fingerprint density at radius 3 is 3.22 bits per heavy atom. The van der Waals surface area contributed by atoms with Gasteiger partial charge in [0.25, 0.3) is 0 Å². The standard InChI is InChI=1S/C12H14N4O2/c1-2-16-11(7-14-15-16)13-6-9-4-3-5-10-12(9)18-8-17-10/h3-5,7,13H,2,6,8H2,1H3. The first-order valence-corrected chi connectivity index (χ1v) is 5.88. The molecular formula is C12H14N4O2. The Morgan fingerprint density at radius 2 is 2.33 bits per heavy atom. The zero-order valence-electron chi connectivity index (χ0n) is 10.1. The van der Waals surface area contributed by atoms with Crippen molar-refractivity contribution in [3.8, 4) is 11.5 Å². The van der Waals surface area contributed by atoms with Crippen LogP contribution in [0.5, 0.6) is 11.5 Å². The lowest BCUT2D eigenvalue weighted by atomic mass is 10.2. The normalized spacial score (nSPS) is 12.7. The fraction of sp³-hybridized carbons (Fsp3) is 0.333. The Labute approximate surface area is 105 Å². The van der Waals surface area contributed by atoms with E-state index < -0.39 is 0 Å². The maximum absolute atomic E-state index is 5.46. The molecule has 0 aliphatic carbocycles. The van der Waals surface area contributed by atoms with Gasteiger partial charge < -0.3 is 14.8 Å².